The van der Waals surface area contributed by atoms with E-state index in [0.29, 0.717) is 0 Å². The van der Waals surface area contributed by atoms with Crippen molar-refractivity contribution in [3.8, 4) is 0 Å². The van der Waals surface area contributed by atoms with Crippen LogP contribution in [0.4, 0.5) is 13.2 Å². The number of halogens is 4. The van der Waals surface area contributed by atoms with Crippen LogP contribution < -0.4 is 5.73 Å². The van der Waals surface area contributed by atoms with Crippen LogP contribution in [0.1, 0.15) is 19.3 Å². The van der Waals surface area contributed by atoms with Gasteiger partial charge in [0.2, 0.25) is 0 Å². The Kier molecular flexibility index (Phi) is 7.85. The lowest BCUT2D eigenvalue weighted by Gasteiger charge is -2.15. The maximum Gasteiger partial charge on any atom is 0.389 e. The van der Waals surface area contributed by atoms with E-state index in [4.69, 9.17) is 10.8 Å². The van der Waals surface area contributed by atoms with Crippen LogP contribution in [0.3, 0.4) is 0 Å². The van der Waals surface area contributed by atoms with Gasteiger partial charge in [0.15, 0.2) is 0 Å². The van der Waals surface area contributed by atoms with Crippen LogP contribution >= 0.6 is 12.4 Å². The van der Waals surface area contributed by atoms with Gasteiger partial charge in [-0.15, -0.1) is 12.4 Å². The first-order valence-corrected chi connectivity index (χ1v) is 3.83. The summed E-state index contributed by atoms with van der Waals surface area (Å²) in [5, 5.41) is 8.23. The van der Waals surface area contributed by atoms with Gasteiger partial charge < -0.3 is 10.8 Å². The number of aliphatic carboxylic acids is 1. The van der Waals surface area contributed by atoms with Gasteiger partial charge in [-0.25, -0.2) is 0 Å². The Labute approximate surface area is 85.9 Å². The van der Waals surface area contributed by atoms with E-state index in [9.17, 15) is 18.0 Å². The second kappa shape index (κ2) is 6.89. The predicted octanol–water partition coefficient (Wildman–Crippen LogP) is 1.80. The molecule has 0 saturated heterocycles. The molecule has 86 valence electrons. The lowest BCUT2D eigenvalue weighted by molar-refractivity contribution is -0.147. The maximum atomic E-state index is 11.8. The monoisotopic (exact) mass is 235 g/mol. The SMILES string of the molecule is Cl.NCC(CCC(=O)O)CC(F)(F)F. The Morgan fingerprint density at radius 3 is 2.21 bits per heavy atom. The normalized spacial score (nSPS) is 13.1. The van der Waals surface area contributed by atoms with E-state index in [-0.39, 0.29) is 31.8 Å². The minimum atomic E-state index is -4.26. The number of carboxylic acids is 1. The van der Waals surface area contributed by atoms with Gasteiger partial charge in [0.25, 0.3) is 0 Å². The van der Waals surface area contributed by atoms with E-state index in [2.05, 4.69) is 0 Å². The molecule has 3 N–H and O–H groups in total. The topological polar surface area (TPSA) is 63.3 Å². The molecule has 3 nitrogen and oxygen atoms in total. The van der Waals surface area contributed by atoms with Crippen molar-refractivity contribution in [2.45, 2.75) is 25.4 Å². The van der Waals surface area contributed by atoms with E-state index in [0.717, 1.165) is 0 Å². The van der Waals surface area contributed by atoms with Crippen LogP contribution in [-0.2, 0) is 4.79 Å². The summed E-state index contributed by atoms with van der Waals surface area (Å²) >= 11 is 0. The zero-order chi connectivity index (χ0) is 10.5. The minimum absolute atomic E-state index is 0. The van der Waals surface area contributed by atoms with E-state index in [1.165, 1.54) is 0 Å². The van der Waals surface area contributed by atoms with Crippen molar-refractivity contribution in [3.63, 3.8) is 0 Å². The molecule has 0 rings (SSSR count). The smallest absolute Gasteiger partial charge is 0.389 e. The number of carbonyl (C=O) groups is 1. The summed E-state index contributed by atoms with van der Waals surface area (Å²) in [7, 11) is 0. The second-order valence-corrected chi connectivity index (χ2v) is 2.85. The van der Waals surface area contributed by atoms with Gasteiger partial charge in [-0.05, 0) is 18.9 Å². The first-order valence-electron chi connectivity index (χ1n) is 3.83. The van der Waals surface area contributed by atoms with Crippen molar-refractivity contribution in [1.82, 2.24) is 0 Å². The fourth-order valence-electron chi connectivity index (χ4n) is 0.958. The molecule has 1 atom stereocenters. The largest absolute Gasteiger partial charge is 0.481 e. The zero-order valence-corrected chi connectivity index (χ0v) is 8.20. The second-order valence-electron chi connectivity index (χ2n) is 2.85. The summed E-state index contributed by atoms with van der Waals surface area (Å²) in [6, 6.07) is 0. The molecule has 0 radical (unpaired) electrons. The Morgan fingerprint density at radius 2 is 1.93 bits per heavy atom. The third-order valence-corrected chi connectivity index (χ3v) is 1.62. The van der Waals surface area contributed by atoms with Gasteiger partial charge in [-0.1, -0.05) is 0 Å². The Morgan fingerprint density at radius 1 is 1.43 bits per heavy atom. The summed E-state index contributed by atoms with van der Waals surface area (Å²) in [5.74, 6) is -1.88. The highest BCUT2D eigenvalue weighted by molar-refractivity contribution is 5.85. The quantitative estimate of drug-likeness (QED) is 0.764. The van der Waals surface area contributed by atoms with Crippen molar-refractivity contribution < 1.29 is 23.1 Å². The third-order valence-electron chi connectivity index (χ3n) is 1.62. The standard InChI is InChI=1S/C7H12F3NO2.ClH/c8-7(9,10)3-5(4-11)1-2-6(12)13;/h5H,1-4,11H2,(H,12,13);1H. The molecule has 0 heterocycles. The van der Waals surface area contributed by atoms with Crippen LogP contribution in [0.5, 0.6) is 0 Å². The van der Waals surface area contributed by atoms with E-state index in [1.54, 1.807) is 0 Å². The van der Waals surface area contributed by atoms with E-state index >= 15 is 0 Å². The summed E-state index contributed by atoms with van der Waals surface area (Å²) < 4.78 is 35.4. The van der Waals surface area contributed by atoms with Crippen LogP contribution in [0.25, 0.3) is 0 Å². The van der Waals surface area contributed by atoms with Crippen molar-refractivity contribution in [1.29, 1.82) is 0 Å². The van der Waals surface area contributed by atoms with Gasteiger partial charge in [0.1, 0.15) is 0 Å². The highest BCUT2D eigenvalue weighted by atomic mass is 35.5. The fraction of sp³-hybridized carbons (Fsp3) is 0.857. The van der Waals surface area contributed by atoms with Gasteiger partial charge >= 0.3 is 12.1 Å². The molecular weight excluding hydrogens is 223 g/mol. The summed E-state index contributed by atoms with van der Waals surface area (Å²) in [5.41, 5.74) is 5.07. The molecular formula is C7H13ClF3NO2. The van der Waals surface area contributed by atoms with Crippen LogP contribution in [0.15, 0.2) is 0 Å². The van der Waals surface area contributed by atoms with Crippen molar-refractivity contribution in [2.24, 2.45) is 11.7 Å². The molecule has 0 aliphatic rings. The highest BCUT2D eigenvalue weighted by Crippen LogP contribution is 2.26. The minimum Gasteiger partial charge on any atom is -0.481 e. The molecule has 0 aliphatic heterocycles. The van der Waals surface area contributed by atoms with Gasteiger partial charge in [0.05, 0.1) is 0 Å². The summed E-state index contributed by atoms with van der Waals surface area (Å²) in [4.78, 5) is 10.1. The predicted molar refractivity (Wildman–Crippen MR) is 47.3 cm³/mol. The number of hydrogen-bond acceptors (Lipinski definition) is 2. The van der Waals surface area contributed by atoms with Crippen molar-refractivity contribution >= 4 is 18.4 Å². The molecule has 0 saturated carbocycles. The van der Waals surface area contributed by atoms with Crippen molar-refractivity contribution in [2.75, 3.05) is 6.54 Å². The molecule has 0 bridgehead atoms. The Hall–Kier alpha value is -0.490. The molecule has 0 aromatic heterocycles. The third kappa shape index (κ3) is 9.60. The van der Waals surface area contributed by atoms with Crippen LogP contribution in [0, 0.1) is 5.92 Å². The molecule has 0 aromatic carbocycles. The Balaban J connectivity index is 0. The van der Waals surface area contributed by atoms with Gasteiger partial charge in [0, 0.05) is 12.8 Å². The number of nitrogens with two attached hydrogens (primary N) is 1. The van der Waals surface area contributed by atoms with Crippen LogP contribution in [0.2, 0.25) is 0 Å². The zero-order valence-electron chi connectivity index (χ0n) is 7.38. The van der Waals surface area contributed by atoms with E-state index in [1.807, 2.05) is 0 Å². The van der Waals surface area contributed by atoms with Crippen molar-refractivity contribution in [3.05, 3.63) is 0 Å². The lowest BCUT2D eigenvalue weighted by atomic mass is 9.99. The number of rotatable bonds is 5. The molecule has 14 heavy (non-hydrogen) atoms. The molecule has 0 aromatic rings. The average molecular weight is 236 g/mol. The van der Waals surface area contributed by atoms with E-state index < -0.39 is 24.5 Å². The number of hydrogen-bond donors (Lipinski definition) is 2. The Bertz CT molecular complexity index is 175. The number of alkyl halides is 3. The first-order chi connectivity index (χ1) is 5.85. The van der Waals surface area contributed by atoms with Gasteiger partial charge in [-0.2, -0.15) is 13.2 Å². The molecule has 0 amide bonds. The first kappa shape index (κ1) is 16.0. The molecule has 0 spiro atoms. The fourth-order valence-corrected chi connectivity index (χ4v) is 0.958. The lowest BCUT2D eigenvalue weighted by Crippen LogP contribution is -2.22. The average Bonchev–Trinajstić information content (AvgIpc) is 1.95. The van der Waals surface area contributed by atoms with Gasteiger partial charge in [-0.3, -0.25) is 4.79 Å². The molecule has 0 fully saturated rings. The molecule has 7 heteroatoms. The number of carboxylic acid groups (broad SMARTS) is 1. The summed E-state index contributed by atoms with van der Waals surface area (Å²) in [6.07, 6.45) is -5.55. The van der Waals surface area contributed by atoms with Crippen LogP contribution in [-0.4, -0.2) is 23.8 Å². The highest BCUT2D eigenvalue weighted by Gasteiger charge is 2.31. The molecule has 1 unspecified atom stereocenters. The maximum absolute atomic E-state index is 11.8. The summed E-state index contributed by atoms with van der Waals surface area (Å²) in [6.45, 7) is -0.132. The molecule has 0 aliphatic carbocycles.